The van der Waals surface area contributed by atoms with E-state index in [0.717, 1.165) is 5.56 Å². The zero-order valence-corrected chi connectivity index (χ0v) is 20.3. The molecule has 1 aliphatic rings. The Morgan fingerprint density at radius 1 is 1.20 bits per heavy atom. The van der Waals surface area contributed by atoms with Gasteiger partial charge in [-0.25, -0.2) is 8.42 Å². The number of nitrogens with zero attached hydrogens (tertiary/aromatic N) is 1. The summed E-state index contributed by atoms with van der Waals surface area (Å²) in [4.78, 5) is 26.0. The summed E-state index contributed by atoms with van der Waals surface area (Å²) in [5, 5.41) is 0. The highest BCUT2D eigenvalue weighted by Gasteiger charge is 2.40. The minimum atomic E-state index is -3.80. The van der Waals surface area contributed by atoms with Crippen molar-refractivity contribution in [1.82, 2.24) is 4.31 Å². The van der Waals surface area contributed by atoms with Crippen molar-refractivity contribution in [3.8, 4) is 0 Å². The van der Waals surface area contributed by atoms with Gasteiger partial charge in [0.05, 0.1) is 16.9 Å². The highest BCUT2D eigenvalue weighted by Crippen LogP contribution is 2.29. The zero-order valence-electron chi connectivity index (χ0n) is 18.7. The summed E-state index contributed by atoms with van der Waals surface area (Å²) < 4.78 is 33.3. The molecule has 2 atom stereocenters. The van der Waals surface area contributed by atoms with Crippen LogP contribution >= 0.6 is 11.8 Å². The number of thioether (sulfide) groups is 1. The lowest BCUT2D eigenvalue weighted by molar-refractivity contribution is -0.163. The third-order valence-electron chi connectivity index (χ3n) is 5.01. The fourth-order valence-electron chi connectivity index (χ4n) is 3.30. The normalized spacial score (nSPS) is 19.5. The molecular formula is C22H33NO5S2. The quantitative estimate of drug-likeness (QED) is 0.584. The van der Waals surface area contributed by atoms with Crippen molar-refractivity contribution in [3.05, 3.63) is 29.8 Å². The van der Waals surface area contributed by atoms with Crippen LogP contribution in [0, 0.1) is 18.8 Å². The van der Waals surface area contributed by atoms with E-state index in [4.69, 9.17) is 4.74 Å². The van der Waals surface area contributed by atoms with Crippen LogP contribution in [0.15, 0.2) is 29.2 Å². The van der Waals surface area contributed by atoms with E-state index in [1.807, 2.05) is 20.8 Å². The molecule has 0 N–H and O–H groups in total. The van der Waals surface area contributed by atoms with Gasteiger partial charge >= 0.3 is 5.97 Å². The van der Waals surface area contributed by atoms with Crippen LogP contribution in [0.25, 0.3) is 0 Å². The number of sulfonamides is 1. The third-order valence-corrected chi connectivity index (χ3v) is 7.96. The van der Waals surface area contributed by atoms with Gasteiger partial charge in [-0.2, -0.15) is 16.1 Å². The number of benzene rings is 1. The minimum Gasteiger partial charge on any atom is -0.460 e. The fraction of sp³-hybridized carbons (Fsp3) is 0.636. The van der Waals surface area contributed by atoms with E-state index in [9.17, 15) is 18.0 Å². The molecule has 2 rings (SSSR count). The Hall–Kier alpha value is -1.38. The SMILES string of the molecule is Cc1ccc(S(=O)(=O)N2CCSC[C@H]2C(=O)C[C@H](C(=O)OC(C)(C)C)C(C)C)cc1. The van der Waals surface area contributed by atoms with Gasteiger partial charge in [-0.15, -0.1) is 0 Å². The van der Waals surface area contributed by atoms with Crippen molar-refractivity contribution in [2.24, 2.45) is 11.8 Å². The molecular weight excluding hydrogens is 422 g/mol. The lowest BCUT2D eigenvalue weighted by Crippen LogP contribution is -2.51. The summed E-state index contributed by atoms with van der Waals surface area (Å²) in [6, 6.07) is 5.87. The Balaban J connectivity index is 2.25. The molecule has 0 saturated carbocycles. The zero-order chi connectivity index (χ0) is 22.7. The molecule has 1 saturated heterocycles. The number of Topliss-reactive ketones (excluding diaryl/α,β-unsaturated/α-hetero) is 1. The van der Waals surface area contributed by atoms with Crippen molar-refractivity contribution in [3.63, 3.8) is 0 Å². The van der Waals surface area contributed by atoms with Gasteiger partial charge in [-0.3, -0.25) is 9.59 Å². The average Bonchev–Trinajstić information content (AvgIpc) is 2.64. The fourth-order valence-corrected chi connectivity index (χ4v) is 6.20. The molecule has 1 aromatic carbocycles. The number of esters is 1. The van der Waals surface area contributed by atoms with Gasteiger partial charge in [-0.1, -0.05) is 31.5 Å². The summed E-state index contributed by atoms with van der Waals surface area (Å²) in [5.41, 5.74) is 0.322. The minimum absolute atomic E-state index is 0.0300. The molecule has 0 bridgehead atoms. The summed E-state index contributed by atoms with van der Waals surface area (Å²) in [7, 11) is -3.80. The van der Waals surface area contributed by atoms with E-state index in [0.29, 0.717) is 11.5 Å². The average molecular weight is 456 g/mol. The second-order valence-corrected chi connectivity index (χ2v) is 12.1. The Labute approximate surface area is 184 Å². The monoisotopic (exact) mass is 455 g/mol. The molecule has 1 fully saturated rings. The lowest BCUT2D eigenvalue weighted by Gasteiger charge is -2.34. The van der Waals surface area contributed by atoms with Crippen LogP contribution in [0.5, 0.6) is 0 Å². The maximum Gasteiger partial charge on any atom is 0.310 e. The summed E-state index contributed by atoms with van der Waals surface area (Å²) >= 11 is 1.56. The van der Waals surface area contributed by atoms with E-state index < -0.39 is 33.6 Å². The molecule has 0 radical (unpaired) electrons. The van der Waals surface area contributed by atoms with Gasteiger partial charge in [0.1, 0.15) is 5.60 Å². The van der Waals surface area contributed by atoms with Gasteiger partial charge in [0.25, 0.3) is 0 Å². The van der Waals surface area contributed by atoms with Crippen molar-refractivity contribution >= 4 is 33.5 Å². The molecule has 0 unspecified atom stereocenters. The smallest absolute Gasteiger partial charge is 0.310 e. The van der Waals surface area contributed by atoms with Crippen LogP contribution in [0.1, 0.15) is 46.6 Å². The first kappa shape index (κ1) is 24.9. The van der Waals surface area contributed by atoms with Crippen molar-refractivity contribution in [1.29, 1.82) is 0 Å². The number of carbonyl (C=O) groups is 2. The van der Waals surface area contributed by atoms with Crippen LogP contribution < -0.4 is 0 Å². The molecule has 0 aromatic heterocycles. The van der Waals surface area contributed by atoms with Crippen molar-refractivity contribution < 1.29 is 22.7 Å². The van der Waals surface area contributed by atoms with Crippen LogP contribution in [-0.2, 0) is 24.3 Å². The standard InChI is InChI=1S/C22H33NO5S2/c1-15(2)18(21(25)28-22(4,5)6)13-20(24)19-14-29-12-11-23(19)30(26,27)17-9-7-16(3)8-10-17/h7-10,15,18-19H,11-14H2,1-6H3/t18-,19-/m0/s1. The van der Waals surface area contributed by atoms with E-state index in [2.05, 4.69) is 0 Å². The number of ether oxygens (including phenoxy) is 1. The molecule has 0 aliphatic carbocycles. The topological polar surface area (TPSA) is 80.8 Å². The molecule has 1 aromatic rings. The van der Waals surface area contributed by atoms with Crippen LogP contribution in [-0.4, -0.2) is 54.2 Å². The first-order valence-electron chi connectivity index (χ1n) is 10.2. The molecule has 6 nitrogen and oxygen atoms in total. The molecule has 1 heterocycles. The number of hydrogen-bond acceptors (Lipinski definition) is 6. The second-order valence-electron chi connectivity index (χ2n) is 9.07. The van der Waals surface area contributed by atoms with Crippen LogP contribution in [0.4, 0.5) is 0 Å². The molecule has 1 aliphatic heterocycles. The predicted molar refractivity (Wildman–Crippen MR) is 120 cm³/mol. The maximum absolute atomic E-state index is 13.2. The third kappa shape index (κ3) is 6.31. The van der Waals surface area contributed by atoms with Crippen LogP contribution in [0.3, 0.4) is 0 Å². The van der Waals surface area contributed by atoms with E-state index >= 15 is 0 Å². The van der Waals surface area contributed by atoms with E-state index in [1.54, 1.807) is 56.8 Å². The largest absolute Gasteiger partial charge is 0.460 e. The van der Waals surface area contributed by atoms with Gasteiger partial charge < -0.3 is 4.74 Å². The van der Waals surface area contributed by atoms with E-state index in [-0.39, 0.29) is 29.6 Å². The predicted octanol–water partition coefficient (Wildman–Crippen LogP) is 3.67. The Bertz CT molecular complexity index is 857. The van der Waals surface area contributed by atoms with Crippen molar-refractivity contribution in [2.75, 3.05) is 18.1 Å². The first-order chi connectivity index (χ1) is 13.8. The Morgan fingerprint density at radius 2 is 1.80 bits per heavy atom. The van der Waals surface area contributed by atoms with Gasteiger partial charge in [0.2, 0.25) is 10.0 Å². The number of rotatable bonds is 7. The summed E-state index contributed by atoms with van der Waals surface area (Å²) in [6.45, 7) is 11.3. The van der Waals surface area contributed by atoms with Crippen molar-refractivity contribution in [2.45, 2.75) is 64.5 Å². The molecule has 168 valence electrons. The lowest BCUT2D eigenvalue weighted by atomic mass is 9.89. The number of aryl methyl sites for hydroxylation is 1. The van der Waals surface area contributed by atoms with E-state index in [1.165, 1.54) is 4.31 Å². The number of carbonyl (C=O) groups excluding carboxylic acids is 2. The number of ketones is 1. The Morgan fingerprint density at radius 3 is 2.33 bits per heavy atom. The highest BCUT2D eigenvalue weighted by molar-refractivity contribution is 7.99. The number of hydrogen-bond donors (Lipinski definition) is 0. The molecule has 0 spiro atoms. The maximum atomic E-state index is 13.2. The van der Waals surface area contributed by atoms with Gasteiger partial charge in [0.15, 0.2) is 5.78 Å². The molecule has 30 heavy (non-hydrogen) atoms. The molecule has 8 heteroatoms. The Kier molecular flexibility index (Phi) is 8.15. The van der Waals surface area contributed by atoms with Gasteiger partial charge in [0, 0.05) is 24.5 Å². The van der Waals surface area contributed by atoms with Crippen LogP contribution in [0.2, 0.25) is 0 Å². The van der Waals surface area contributed by atoms with Gasteiger partial charge in [-0.05, 0) is 45.7 Å². The second kappa shape index (κ2) is 9.83. The summed E-state index contributed by atoms with van der Waals surface area (Å²) in [6.07, 6.45) is -0.0300. The molecule has 0 amide bonds. The highest BCUT2D eigenvalue weighted by atomic mass is 32.2. The summed E-state index contributed by atoms with van der Waals surface area (Å²) in [5.74, 6) is -0.322. The first-order valence-corrected chi connectivity index (χ1v) is 12.8.